The van der Waals surface area contributed by atoms with Crippen molar-refractivity contribution in [3.05, 3.63) is 34.9 Å². The third-order valence-electron chi connectivity index (χ3n) is 2.87. The Bertz CT molecular complexity index is 330. The van der Waals surface area contributed by atoms with Gasteiger partial charge in [-0.3, -0.25) is 0 Å². The molecular formula is C14H22ClNS. The van der Waals surface area contributed by atoms with Crippen LogP contribution in [-0.2, 0) is 0 Å². The lowest BCUT2D eigenvalue weighted by Gasteiger charge is -2.23. The lowest BCUT2D eigenvalue weighted by atomic mass is 10.0. The molecule has 0 aliphatic carbocycles. The average molecular weight is 272 g/mol. The fourth-order valence-corrected chi connectivity index (χ4v) is 3.57. The molecule has 1 nitrogen and oxygen atoms in total. The third-order valence-corrected chi connectivity index (χ3v) is 4.70. The Kier molecular flexibility index (Phi) is 7.02. The van der Waals surface area contributed by atoms with Crippen LogP contribution in [0.2, 0.25) is 5.02 Å². The molecule has 17 heavy (non-hydrogen) atoms. The predicted molar refractivity (Wildman–Crippen MR) is 79.8 cm³/mol. The molecule has 0 spiro atoms. The average Bonchev–Trinajstić information content (AvgIpc) is 2.35. The fraction of sp³-hybridized carbons (Fsp3) is 0.571. The van der Waals surface area contributed by atoms with Crippen LogP contribution < -0.4 is 5.73 Å². The van der Waals surface area contributed by atoms with Crippen molar-refractivity contribution >= 4 is 23.4 Å². The Balaban J connectivity index is 2.79. The minimum absolute atomic E-state index is 0.178. The van der Waals surface area contributed by atoms with Crippen LogP contribution in [0.25, 0.3) is 0 Å². The van der Waals surface area contributed by atoms with E-state index in [2.05, 4.69) is 19.9 Å². The van der Waals surface area contributed by atoms with Gasteiger partial charge in [0.05, 0.1) is 0 Å². The topological polar surface area (TPSA) is 26.0 Å². The summed E-state index contributed by atoms with van der Waals surface area (Å²) in [7, 11) is 0. The second-order valence-electron chi connectivity index (χ2n) is 4.24. The molecule has 0 radical (unpaired) electrons. The zero-order valence-electron chi connectivity index (χ0n) is 10.7. The largest absolute Gasteiger partial charge is 0.326 e. The van der Waals surface area contributed by atoms with E-state index in [1.165, 1.54) is 18.4 Å². The van der Waals surface area contributed by atoms with Crippen molar-refractivity contribution in [2.75, 3.05) is 5.75 Å². The van der Waals surface area contributed by atoms with E-state index in [-0.39, 0.29) is 6.04 Å². The van der Waals surface area contributed by atoms with Crippen molar-refractivity contribution in [1.29, 1.82) is 0 Å². The molecule has 0 saturated carbocycles. The molecule has 1 aromatic carbocycles. The van der Waals surface area contributed by atoms with Crippen LogP contribution in [-0.4, -0.2) is 11.8 Å². The summed E-state index contributed by atoms with van der Waals surface area (Å²) in [5, 5.41) is 1.16. The van der Waals surface area contributed by atoms with Gasteiger partial charge in [0, 0.05) is 16.3 Å². The third kappa shape index (κ3) is 4.53. The van der Waals surface area contributed by atoms with Gasteiger partial charge in [0.25, 0.3) is 0 Å². The molecule has 0 heterocycles. The van der Waals surface area contributed by atoms with E-state index >= 15 is 0 Å². The van der Waals surface area contributed by atoms with Gasteiger partial charge < -0.3 is 5.73 Å². The Labute approximate surface area is 114 Å². The van der Waals surface area contributed by atoms with Gasteiger partial charge >= 0.3 is 0 Å². The number of thioether (sulfide) groups is 1. The summed E-state index contributed by atoms with van der Waals surface area (Å²) < 4.78 is 0. The maximum Gasteiger partial charge on any atom is 0.0462 e. The summed E-state index contributed by atoms with van der Waals surface area (Å²) in [6.45, 7) is 4.35. The molecule has 2 unspecified atom stereocenters. The lowest BCUT2D eigenvalue weighted by Crippen LogP contribution is -2.26. The quantitative estimate of drug-likeness (QED) is 0.731. The summed E-state index contributed by atoms with van der Waals surface area (Å²) in [6, 6.07) is 8.24. The van der Waals surface area contributed by atoms with Crippen LogP contribution in [0.15, 0.2) is 24.3 Å². The Morgan fingerprint density at radius 2 is 2.00 bits per heavy atom. The van der Waals surface area contributed by atoms with Gasteiger partial charge in [-0.1, -0.05) is 50.1 Å². The van der Waals surface area contributed by atoms with E-state index in [1.54, 1.807) is 0 Å². The lowest BCUT2D eigenvalue weighted by molar-refractivity contribution is 0.633. The van der Waals surface area contributed by atoms with Crippen molar-refractivity contribution in [1.82, 2.24) is 0 Å². The molecule has 96 valence electrons. The number of halogens is 1. The highest BCUT2D eigenvalue weighted by atomic mass is 35.5. The monoisotopic (exact) mass is 271 g/mol. The first-order chi connectivity index (χ1) is 8.20. The maximum atomic E-state index is 6.26. The Hall–Kier alpha value is -0.180. The van der Waals surface area contributed by atoms with Crippen LogP contribution in [0, 0.1) is 0 Å². The first kappa shape index (κ1) is 14.9. The minimum atomic E-state index is 0.178. The highest BCUT2D eigenvalue weighted by molar-refractivity contribution is 7.99. The van der Waals surface area contributed by atoms with Crippen LogP contribution >= 0.6 is 23.4 Å². The number of unbranched alkanes of at least 4 members (excludes halogenated alkanes) is 1. The van der Waals surface area contributed by atoms with Crippen molar-refractivity contribution in [2.24, 2.45) is 5.73 Å². The number of hydrogen-bond acceptors (Lipinski definition) is 2. The van der Waals surface area contributed by atoms with Crippen LogP contribution in [0.5, 0.6) is 0 Å². The second-order valence-corrected chi connectivity index (χ2v) is 5.90. The van der Waals surface area contributed by atoms with Crippen LogP contribution in [0.1, 0.15) is 43.9 Å². The number of rotatable bonds is 7. The van der Waals surface area contributed by atoms with Gasteiger partial charge in [0.2, 0.25) is 0 Å². The molecule has 0 aliphatic rings. The maximum absolute atomic E-state index is 6.26. The van der Waals surface area contributed by atoms with E-state index < -0.39 is 0 Å². The fourth-order valence-electron chi connectivity index (χ4n) is 1.72. The number of hydrogen-bond donors (Lipinski definition) is 1. The summed E-state index contributed by atoms with van der Waals surface area (Å²) >= 11 is 8.20. The van der Waals surface area contributed by atoms with Gasteiger partial charge in [0.15, 0.2) is 0 Å². The van der Waals surface area contributed by atoms with E-state index in [9.17, 15) is 0 Å². The van der Waals surface area contributed by atoms with Gasteiger partial charge in [-0.2, -0.15) is 11.8 Å². The predicted octanol–water partition coefficient (Wildman–Crippen LogP) is 4.65. The minimum Gasteiger partial charge on any atom is -0.326 e. The van der Waals surface area contributed by atoms with E-state index in [4.69, 9.17) is 17.3 Å². The second kappa shape index (κ2) is 8.02. The van der Waals surface area contributed by atoms with Crippen LogP contribution in [0.3, 0.4) is 0 Å². The van der Waals surface area contributed by atoms with Gasteiger partial charge in [0.1, 0.15) is 0 Å². The molecule has 0 saturated heterocycles. The summed E-state index contributed by atoms with van der Waals surface area (Å²) in [4.78, 5) is 0. The van der Waals surface area contributed by atoms with E-state index in [0.717, 1.165) is 17.2 Å². The Morgan fingerprint density at radius 3 is 2.59 bits per heavy atom. The molecule has 3 heteroatoms. The van der Waals surface area contributed by atoms with Crippen LogP contribution in [0.4, 0.5) is 0 Å². The summed E-state index contributed by atoms with van der Waals surface area (Å²) in [6.07, 6.45) is 3.45. The van der Waals surface area contributed by atoms with Gasteiger partial charge in [-0.25, -0.2) is 0 Å². The highest BCUT2D eigenvalue weighted by Crippen LogP contribution is 2.36. The normalized spacial score (nSPS) is 14.6. The van der Waals surface area contributed by atoms with Crippen molar-refractivity contribution in [3.8, 4) is 0 Å². The molecule has 1 aromatic rings. The molecule has 1 rings (SSSR count). The zero-order valence-corrected chi connectivity index (χ0v) is 12.2. The van der Waals surface area contributed by atoms with Crippen molar-refractivity contribution in [3.63, 3.8) is 0 Å². The molecule has 0 fully saturated rings. The number of benzene rings is 1. The number of nitrogens with two attached hydrogens (primary N) is 1. The van der Waals surface area contributed by atoms with Gasteiger partial charge in [-0.15, -0.1) is 0 Å². The molecule has 0 bridgehead atoms. The zero-order chi connectivity index (χ0) is 12.7. The SMILES string of the molecule is CCCCSC(c1ccccc1Cl)C(N)CC. The standard InChI is InChI=1S/C14H22ClNS/c1-3-5-10-17-14(13(16)4-2)11-8-6-7-9-12(11)15/h6-9,13-14H,3-5,10,16H2,1-2H3. The summed E-state index contributed by atoms with van der Waals surface area (Å²) in [5.74, 6) is 1.15. The Morgan fingerprint density at radius 1 is 1.29 bits per heavy atom. The first-order valence-corrected chi connectivity index (χ1v) is 7.75. The van der Waals surface area contributed by atoms with Crippen molar-refractivity contribution in [2.45, 2.75) is 44.4 Å². The summed E-state index contributed by atoms with van der Waals surface area (Å²) in [5.41, 5.74) is 7.41. The smallest absolute Gasteiger partial charge is 0.0462 e. The molecule has 2 atom stereocenters. The van der Waals surface area contributed by atoms with Gasteiger partial charge in [-0.05, 0) is 30.2 Å². The molecule has 0 aromatic heterocycles. The first-order valence-electron chi connectivity index (χ1n) is 6.32. The van der Waals surface area contributed by atoms with E-state index in [1.807, 2.05) is 30.0 Å². The highest BCUT2D eigenvalue weighted by Gasteiger charge is 2.20. The van der Waals surface area contributed by atoms with E-state index in [0.29, 0.717) is 5.25 Å². The van der Waals surface area contributed by atoms with Crippen molar-refractivity contribution < 1.29 is 0 Å². The molecule has 0 amide bonds. The molecule has 2 N–H and O–H groups in total. The molecule has 0 aliphatic heterocycles. The molecular weight excluding hydrogens is 250 g/mol.